The Balaban J connectivity index is 1.55. The van der Waals surface area contributed by atoms with Gasteiger partial charge in [-0.2, -0.15) is 5.26 Å². The van der Waals surface area contributed by atoms with Crippen molar-refractivity contribution in [1.29, 1.82) is 5.26 Å². The van der Waals surface area contributed by atoms with Crippen molar-refractivity contribution in [3.05, 3.63) is 88.3 Å². The number of barbiturate groups is 1. The van der Waals surface area contributed by atoms with Gasteiger partial charge in [0, 0.05) is 54.8 Å². The highest BCUT2D eigenvalue weighted by molar-refractivity contribution is 7.85. The van der Waals surface area contributed by atoms with Gasteiger partial charge in [-0.05, 0) is 47.6 Å². The largest absolute Gasteiger partial charge is 0.748 e. The van der Waals surface area contributed by atoms with Gasteiger partial charge in [-0.15, -0.1) is 0 Å². The highest BCUT2D eigenvalue weighted by Gasteiger charge is 2.41. The van der Waals surface area contributed by atoms with E-state index in [1.165, 1.54) is 32.3 Å². The molecule has 41 heavy (non-hydrogen) atoms. The minimum atomic E-state index is -4.20. The number of nitrogens with two attached hydrogens (primary N) is 1. The Morgan fingerprint density at radius 1 is 1.15 bits per heavy atom. The predicted molar refractivity (Wildman–Crippen MR) is 150 cm³/mol. The summed E-state index contributed by atoms with van der Waals surface area (Å²) in [7, 11) is -1.60. The first-order valence-corrected chi connectivity index (χ1v) is 14.5. The second kappa shape index (κ2) is 11.3. The summed E-state index contributed by atoms with van der Waals surface area (Å²) in [6.07, 6.45) is 10.3. The van der Waals surface area contributed by atoms with Crippen LogP contribution in [-0.2, 0) is 31.7 Å². The second-order valence-corrected chi connectivity index (χ2v) is 12.0. The first-order chi connectivity index (χ1) is 19.3. The summed E-state index contributed by atoms with van der Waals surface area (Å²) in [5, 5.41) is 11.9. The maximum Gasteiger partial charge on any atom is 0.333 e. The number of hydrogen-bond donors (Lipinski definition) is 1. The molecule has 3 aliphatic rings. The number of allylic oxidation sites excluding steroid dienone is 8. The highest BCUT2D eigenvalue weighted by Crippen LogP contribution is 2.49. The van der Waals surface area contributed by atoms with Gasteiger partial charge in [-0.3, -0.25) is 19.4 Å². The number of carbonyl (C=O) groups excluding carboxylic acids is 3. The zero-order valence-corrected chi connectivity index (χ0v) is 24.1. The average molecular weight is 578 g/mol. The monoisotopic (exact) mass is 577 g/mol. The molecule has 0 saturated carbocycles. The van der Waals surface area contributed by atoms with Gasteiger partial charge >= 0.3 is 6.03 Å². The normalized spacial score (nSPS) is 19.4. The van der Waals surface area contributed by atoms with Crippen molar-refractivity contribution in [3.8, 4) is 6.07 Å². The lowest BCUT2D eigenvalue weighted by Gasteiger charge is -2.28. The van der Waals surface area contributed by atoms with Crippen LogP contribution in [0, 0.1) is 11.3 Å². The molecule has 0 bridgehead atoms. The first kappa shape index (κ1) is 29.7. The standard InChI is InChI=1S/C29H31N5O6S/c1-29(2)23-15-19(18-31-12-6-14-41(38,39)40)9-10-24(23)34-13-11-20(16-25(29)34)21(17-30)7-5-8-22-26(35)32(3)28(37)33(4)27(22)36/h5,7-11,13,15-16,31H,6,12,14,18H2,1-4H3,(H,38,39,40)/b7-5+,21-20+. The van der Waals surface area contributed by atoms with E-state index in [2.05, 4.69) is 30.9 Å². The fourth-order valence-corrected chi connectivity index (χ4v) is 5.54. The molecule has 4 rings (SSSR count). The zero-order chi connectivity index (χ0) is 30.1. The summed E-state index contributed by atoms with van der Waals surface area (Å²) in [6, 6.07) is 7.66. The van der Waals surface area contributed by atoms with Crippen molar-refractivity contribution in [3.63, 3.8) is 0 Å². The number of imide groups is 2. The van der Waals surface area contributed by atoms with Crippen molar-refractivity contribution in [2.24, 2.45) is 0 Å². The van der Waals surface area contributed by atoms with Gasteiger partial charge < -0.3 is 14.8 Å². The van der Waals surface area contributed by atoms with E-state index in [1.807, 2.05) is 35.8 Å². The Labute approximate surface area is 239 Å². The molecule has 0 radical (unpaired) electrons. The number of nitrogens with zero attached hydrogens (tertiary/aromatic N) is 4. The Kier molecular flexibility index (Phi) is 8.17. The van der Waals surface area contributed by atoms with Gasteiger partial charge in [0.05, 0.1) is 28.3 Å². The third-order valence-electron chi connectivity index (χ3n) is 7.37. The quantitative estimate of drug-likeness (QED) is 0.160. The van der Waals surface area contributed by atoms with Crippen LogP contribution in [0.25, 0.3) is 0 Å². The molecule has 1 aromatic carbocycles. The summed E-state index contributed by atoms with van der Waals surface area (Å²) in [6.45, 7) is 5.38. The fourth-order valence-electron chi connectivity index (χ4n) is 5.02. The molecule has 0 spiro atoms. The van der Waals surface area contributed by atoms with Crippen molar-refractivity contribution < 1.29 is 32.7 Å². The Morgan fingerprint density at radius 3 is 2.46 bits per heavy atom. The molecule has 214 valence electrons. The van der Waals surface area contributed by atoms with Crippen LogP contribution in [-0.4, -0.2) is 67.0 Å². The highest BCUT2D eigenvalue weighted by atomic mass is 32.2. The number of quaternary nitrogens is 1. The third-order valence-corrected chi connectivity index (χ3v) is 8.16. The third kappa shape index (κ3) is 5.92. The van der Waals surface area contributed by atoms with Crippen molar-refractivity contribution in [1.82, 2.24) is 9.80 Å². The number of benzene rings is 1. The molecule has 1 fully saturated rings. The lowest BCUT2D eigenvalue weighted by molar-refractivity contribution is -0.670. The molecular weight excluding hydrogens is 546 g/mol. The first-order valence-electron chi connectivity index (χ1n) is 13.0. The number of carbonyl (C=O) groups is 3. The number of fused-ring (bicyclic) bond motifs is 3. The SMILES string of the molecule is CN1C(=O)C(=C/C=C/C(C#N)=C2/C=CN3C(=C2)C(C)(C)c2cc(C[NH2+]CCCS(=O)(=O)[O-])ccc23)C(=O)N(C)C1=O. The fraction of sp³-hybridized carbons (Fsp3) is 0.310. The van der Waals surface area contributed by atoms with E-state index in [0.29, 0.717) is 30.7 Å². The molecule has 0 atom stereocenters. The van der Waals surface area contributed by atoms with Crippen LogP contribution in [0.5, 0.6) is 0 Å². The van der Waals surface area contributed by atoms with Gasteiger partial charge in [-0.1, -0.05) is 26.0 Å². The number of amides is 4. The van der Waals surface area contributed by atoms with Crippen LogP contribution in [0.2, 0.25) is 0 Å². The van der Waals surface area contributed by atoms with Gasteiger partial charge in [0.2, 0.25) is 0 Å². The molecule has 3 aliphatic heterocycles. The summed E-state index contributed by atoms with van der Waals surface area (Å²) in [4.78, 5) is 40.5. The van der Waals surface area contributed by atoms with E-state index in [4.69, 9.17) is 0 Å². The van der Waals surface area contributed by atoms with E-state index in [9.17, 15) is 32.6 Å². The smallest absolute Gasteiger partial charge is 0.333 e. The summed E-state index contributed by atoms with van der Waals surface area (Å²) in [5.41, 5.74) is 4.63. The summed E-state index contributed by atoms with van der Waals surface area (Å²) in [5.74, 6) is -1.78. The molecule has 12 heteroatoms. The number of nitriles is 1. The van der Waals surface area contributed by atoms with Crippen LogP contribution in [0.3, 0.4) is 0 Å². The summed E-state index contributed by atoms with van der Waals surface area (Å²) >= 11 is 0. The van der Waals surface area contributed by atoms with Crippen LogP contribution < -0.4 is 10.2 Å². The average Bonchev–Trinajstić information content (AvgIpc) is 3.15. The lowest BCUT2D eigenvalue weighted by atomic mass is 9.82. The zero-order valence-electron chi connectivity index (χ0n) is 23.2. The number of rotatable bonds is 8. The number of hydrogen-bond acceptors (Lipinski definition) is 8. The topological polar surface area (TPSA) is 159 Å². The molecule has 4 amide bonds. The molecule has 0 unspecified atom stereocenters. The Bertz CT molecular complexity index is 1600. The molecule has 3 heterocycles. The molecule has 2 N–H and O–H groups in total. The minimum absolute atomic E-state index is 0.173. The van der Waals surface area contributed by atoms with Gasteiger partial charge in [-0.25, -0.2) is 13.2 Å². The van der Waals surface area contributed by atoms with E-state index in [0.717, 1.165) is 32.3 Å². The van der Waals surface area contributed by atoms with E-state index in [1.54, 1.807) is 0 Å². The van der Waals surface area contributed by atoms with Crippen molar-refractivity contribution in [2.75, 3.05) is 31.3 Å². The van der Waals surface area contributed by atoms with E-state index < -0.39 is 28.0 Å². The molecule has 1 aromatic rings. The molecule has 0 aromatic heterocycles. The van der Waals surface area contributed by atoms with Crippen LogP contribution in [0.1, 0.15) is 31.4 Å². The molecule has 1 saturated heterocycles. The van der Waals surface area contributed by atoms with E-state index >= 15 is 0 Å². The van der Waals surface area contributed by atoms with Gasteiger partial charge in [0.25, 0.3) is 11.8 Å². The van der Waals surface area contributed by atoms with Crippen LogP contribution in [0.4, 0.5) is 10.5 Å². The number of likely N-dealkylation sites (N-methyl/N-ethyl adjacent to an activating group) is 2. The van der Waals surface area contributed by atoms with Crippen LogP contribution >= 0.6 is 0 Å². The Morgan fingerprint density at radius 2 is 1.83 bits per heavy atom. The van der Waals surface area contributed by atoms with Crippen molar-refractivity contribution in [2.45, 2.75) is 32.2 Å². The second-order valence-electron chi connectivity index (χ2n) is 10.5. The number of urea groups is 1. The maximum absolute atomic E-state index is 12.4. The molecule has 11 nitrogen and oxygen atoms in total. The molecule has 0 aliphatic carbocycles. The summed E-state index contributed by atoms with van der Waals surface area (Å²) < 4.78 is 32.4. The van der Waals surface area contributed by atoms with E-state index in [-0.39, 0.29) is 16.7 Å². The van der Waals surface area contributed by atoms with Gasteiger partial charge in [0.1, 0.15) is 12.1 Å². The lowest BCUT2D eigenvalue weighted by Crippen LogP contribution is -2.82. The van der Waals surface area contributed by atoms with Crippen molar-refractivity contribution >= 4 is 33.7 Å². The van der Waals surface area contributed by atoms with Crippen LogP contribution in [0.15, 0.2) is 77.2 Å². The maximum atomic E-state index is 12.4. The molecular formula is C29H31N5O6S. The Hall–Kier alpha value is -4.31. The van der Waals surface area contributed by atoms with Gasteiger partial charge in [0.15, 0.2) is 0 Å². The minimum Gasteiger partial charge on any atom is -0.748 e. The predicted octanol–water partition coefficient (Wildman–Crippen LogP) is 1.55. The number of anilines is 1.